The highest BCUT2D eigenvalue weighted by molar-refractivity contribution is 5.82. The van der Waals surface area contributed by atoms with Gasteiger partial charge in [0.05, 0.1) is 11.5 Å². The van der Waals surface area contributed by atoms with Crippen LogP contribution in [-0.4, -0.2) is 23.9 Å². The highest BCUT2D eigenvalue weighted by Gasteiger charge is 2.63. The van der Waals surface area contributed by atoms with E-state index in [2.05, 4.69) is 0 Å². The summed E-state index contributed by atoms with van der Waals surface area (Å²) < 4.78 is 11.3. The third kappa shape index (κ3) is 0.982. The Labute approximate surface area is 83.7 Å². The maximum Gasteiger partial charge on any atom is 0.226 e. The van der Waals surface area contributed by atoms with Crippen molar-refractivity contribution in [2.75, 3.05) is 0 Å². The van der Waals surface area contributed by atoms with Crippen LogP contribution < -0.4 is 5.73 Å². The van der Waals surface area contributed by atoms with Crippen molar-refractivity contribution in [3.05, 3.63) is 0 Å². The molecule has 1 saturated carbocycles. The van der Waals surface area contributed by atoms with Crippen molar-refractivity contribution < 1.29 is 14.3 Å². The van der Waals surface area contributed by atoms with E-state index in [1.807, 2.05) is 20.8 Å². The van der Waals surface area contributed by atoms with Gasteiger partial charge in [-0.05, 0) is 33.6 Å². The number of carbonyl (C=O) groups excluding carboxylic acids is 1. The molecule has 4 atom stereocenters. The summed E-state index contributed by atoms with van der Waals surface area (Å²) in [4.78, 5) is 11.5. The summed E-state index contributed by atoms with van der Waals surface area (Å²) in [6.07, 6.45) is 1.37. The summed E-state index contributed by atoms with van der Waals surface area (Å²) in [7, 11) is 0. The molecule has 14 heavy (non-hydrogen) atoms. The Morgan fingerprint density at radius 2 is 2.14 bits per heavy atom. The van der Waals surface area contributed by atoms with E-state index in [1.54, 1.807) is 0 Å². The van der Waals surface area contributed by atoms with Gasteiger partial charge in [0.15, 0.2) is 6.29 Å². The second kappa shape index (κ2) is 2.70. The summed E-state index contributed by atoms with van der Waals surface area (Å²) in [6.45, 7) is 5.65. The van der Waals surface area contributed by atoms with Gasteiger partial charge in [-0.3, -0.25) is 4.79 Å². The standard InChI is InChI=1S/C10H17NO3/c1-6-13-7-4-5-9(2,8(11)12)10(7,3)14-6/h6-7H,4-5H2,1-3H3,(H2,11,12). The molecule has 2 N–H and O–H groups in total. The van der Waals surface area contributed by atoms with Gasteiger partial charge in [0, 0.05) is 0 Å². The Hall–Kier alpha value is -0.610. The van der Waals surface area contributed by atoms with E-state index in [-0.39, 0.29) is 18.3 Å². The van der Waals surface area contributed by atoms with Gasteiger partial charge < -0.3 is 15.2 Å². The van der Waals surface area contributed by atoms with E-state index < -0.39 is 11.0 Å². The van der Waals surface area contributed by atoms with Crippen LogP contribution in [0.25, 0.3) is 0 Å². The Morgan fingerprint density at radius 1 is 1.50 bits per heavy atom. The van der Waals surface area contributed by atoms with Crippen molar-refractivity contribution in [1.29, 1.82) is 0 Å². The van der Waals surface area contributed by atoms with E-state index in [4.69, 9.17) is 15.2 Å². The van der Waals surface area contributed by atoms with E-state index in [0.717, 1.165) is 12.8 Å². The third-order valence-corrected chi connectivity index (χ3v) is 3.93. The van der Waals surface area contributed by atoms with Gasteiger partial charge >= 0.3 is 0 Å². The van der Waals surface area contributed by atoms with Crippen LogP contribution in [0.1, 0.15) is 33.6 Å². The molecule has 4 unspecified atom stereocenters. The molecule has 2 fully saturated rings. The maximum absolute atomic E-state index is 11.5. The van der Waals surface area contributed by atoms with Crippen LogP contribution in [-0.2, 0) is 14.3 Å². The van der Waals surface area contributed by atoms with Gasteiger partial charge in [-0.25, -0.2) is 0 Å². The van der Waals surface area contributed by atoms with Crippen molar-refractivity contribution in [2.45, 2.75) is 51.6 Å². The quantitative estimate of drug-likeness (QED) is 0.679. The van der Waals surface area contributed by atoms with Crippen molar-refractivity contribution in [1.82, 2.24) is 0 Å². The first-order valence-corrected chi connectivity index (χ1v) is 5.03. The molecule has 0 radical (unpaired) electrons. The van der Waals surface area contributed by atoms with Crippen molar-refractivity contribution in [3.63, 3.8) is 0 Å². The second-order valence-corrected chi connectivity index (χ2v) is 4.65. The first-order chi connectivity index (χ1) is 6.40. The number of hydrogen-bond donors (Lipinski definition) is 1. The Balaban J connectivity index is 2.36. The number of carbonyl (C=O) groups is 1. The number of nitrogens with two attached hydrogens (primary N) is 1. The topological polar surface area (TPSA) is 61.5 Å². The van der Waals surface area contributed by atoms with Crippen molar-refractivity contribution in [2.24, 2.45) is 11.1 Å². The van der Waals surface area contributed by atoms with Gasteiger partial charge in [-0.1, -0.05) is 0 Å². The Morgan fingerprint density at radius 3 is 2.71 bits per heavy atom. The average molecular weight is 199 g/mol. The lowest BCUT2D eigenvalue weighted by Crippen LogP contribution is -2.52. The molecule has 1 saturated heterocycles. The highest BCUT2D eigenvalue weighted by atomic mass is 16.7. The molecule has 0 aromatic rings. The molecule has 0 aromatic heterocycles. The van der Waals surface area contributed by atoms with Gasteiger partial charge in [0.2, 0.25) is 5.91 Å². The molecule has 80 valence electrons. The van der Waals surface area contributed by atoms with Crippen molar-refractivity contribution >= 4 is 5.91 Å². The molecular weight excluding hydrogens is 182 g/mol. The monoisotopic (exact) mass is 199 g/mol. The molecule has 0 aromatic carbocycles. The van der Waals surface area contributed by atoms with Crippen LogP contribution in [0.2, 0.25) is 0 Å². The molecule has 4 nitrogen and oxygen atoms in total. The van der Waals surface area contributed by atoms with Gasteiger partial charge in [0.1, 0.15) is 5.60 Å². The van der Waals surface area contributed by atoms with Crippen LogP contribution >= 0.6 is 0 Å². The minimum Gasteiger partial charge on any atom is -0.369 e. The predicted molar refractivity (Wildman–Crippen MR) is 50.4 cm³/mol. The fourth-order valence-electron chi connectivity index (χ4n) is 2.67. The minimum absolute atomic E-state index is 0.00926. The largest absolute Gasteiger partial charge is 0.369 e. The van der Waals surface area contributed by atoms with E-state index in [1.165, 1.54) is 0 Å². The number of fused-ring (bicyclic) bond motifs is 1. The van der Waals surface area contributed by atoms with Gasteiger partial charge in [-0.2, -0.15) is 0 Å². The van der Waals surface area contributed by atoms with E-state index >= 15 is 0 Å². The highest BCUT2D eigenvalue weighted by Crippen LogP contribution is 2.53. The summed E-state index contributed by atoms with van der Waals surface area (Å²) in [5, 5.41) is 0. The summed E-state index contributed by atoms with van der Waals surface area (Å²) in [6, 6.07) is 0. The fourth-order valence-corrected chi connectivity index (χ4v) is 2.67. The SMILES string of the molecule is CC1OC2CCC(C)(C(N)=O)C2(C)O1. The summed E-state index contributed by atoms with van der Waals surface area (Å²) >= 11 is 0. The van der Waals surface area contributed by atoms with Crippen LogP contribution in [0.4, 0.5) is 0 Å². The molecular formula is C10H17NO3. The molecule has 0 spiro atoms. The summed E-state index contributed by atoms with van der Waals surface area (Å²) in [5.41, 5.74) is 4.31. The zero-order chi connectivity index (χ0) is 10.6. The molecule has 1 amide bonds. The molecule has 2 aliphatic rings. The van der Waals surface area contributed by atoms with Crippen LogP contribution in [0.15, 0.2) is 0 Å². The summed E-state index contributed by atoms with van der Waals surface area (Å²) in [5.74, 6) is -0.291. The van der Waals surface area contributed by atoms with Crippen LogP contribution in [0.3, 0.4) is 0 Å². The molecule has 1 heterocycles. The zero-order valence-electron chi connectivity index (χ0n) is 8.87. The van der Waals surface area contributed by atoms with E-state index in [0.29, 0.717) is 0 Å². The normalized spacial score (nSPS) is 51.9. The first-order valence-electron chi connectivity index (χ1n) is 5.03. The lowest BCUT2D eigenvalue weighted by molar-refractivity contribution is -0.149. The number of primary amides is 1. The molecule has 4 heteroatoms. The smallest absolute Gasteiger partial charge is 0.226 e. The zero-order valence-corrected chi connectivity index (χ0v) is 8.87. The Bertz CT molecular complexity index is 281. The van der Waals surface area contributed by atoms with Crippen molar-refractivity contribution in [3.8, 4) is 0 Å². The molecule has 1 aliphatic carbocycles. The average Bonchev–Trinajstić information content (AvgIpc) is 2.47. The number of amides is 1. The van der Waals surface area contributed by atoms with Gasteiger partial charge in [-0.15, -0.1) is 0 Å². The van der Waals surface area contributed by atoms with Crippen LogP contribution in [0, 0.1) is 5.41 Å². The number of hydrogen-bond acceptors (Lipinski definition) is 3. The fraction of sp³-hybridized carbons (Fsp3) is 0.900. The number of rotatable bonds is 1. The number of ether oxygens (including phenoxy) is 2. The molecule has 2 rings (SSSR count). The Kier molecular flexibility index (Phi) is 1.92. The van der Waals surface area contributed by atoms with E-state index in [9.17, 15) is 4.79 Å². The molecule has 1 aliphatic heterocycles. The van der Waals surface area contributed by atoms with Crippen LogP contribution in [0.5, 0.6) is 0 Å². The third-order valence-electron chi connectivity index (χ3n) is 3.93. The lowest BCUT2D eigenvalue weighted by Gasteiger charge is -2.36. The van der Waals surface area contributed by atoms with Gasteiger partial charge in [0.25, 0.3) is 0 Å². The maximum atomic E-state index is 11.5. The molecule has 0 bridgehead atoms. The minimum atomic E-state index is -0.595. The lowest BCUT2D eigenvalue weighted by atomic mass is 9.76. The first kappa shape index (κ1) is 9.93. The second-order valence-electron chi connectivity index (χ2n) is 4.65. The predicted octanol–water partition coefficient (Wildman–Crippen LogP) is 0.792.